The lowest BCUT2D eigenvalue weighted by Gasteiger charge is -2.30. The highest BCUT2D eigenvalue weighted by Crippen LogP contribution is 2.21. The number of rotatable bonds is 5. The molecule has 0 N–H and O–H groups in total. The van der Waals surface area contributed by atoms with Gasteiger partial charge in [0.05, 0.1) is 18.3 Å². The van der Waals surface area contributed by atoms with Gasteiger partial charge in [-0.3, -0.25) is 9.59 Å². The van der Waals surface area contributed by atoms with Crippen molar-refractivity contribution < 1.29 is 14.3 Å². The zero-order valence-electron chi connectivity index (χ0n) is 15.3. The summed E-state index contributed by atoms with van der Waals surface area (Å²) in [7, 11) is 0. The van der Waals surface area contributed by atoms with Crippen LogP contribution in [0.3, 0.4) is 0 Å². The average molecular weight is 377 g/mol. The molecule has 1 aliphatic heterocycles. The molecule has 9 heteroatoms. The molecule has 0 aliphatic carbocycles. The van der Waals surface area contributed by atoms with E-state index in [9.17, 15) is 9.59 Å². The highest BCUT2D eigenvalue weighted by molar-refractivity contribution is 7.99. The average Bonchev–Trinajstić information content (AvgIpc) is 3.03. The van der Waals surface area contributed by atoms with E-state index in [1.807, 2.05) is 19.9 Å². The molecule has 3 rings (SSSR count). The van der Waals surface area contributed by atoms with Gasteiger partial charge in [0, 0.05) is 24.5 Å². The van der Waals surface area contributed by atoms with Crippen LogP contribution in [0.1, 0.15) is 31.2 Å². The number of carbonyl (C=O) groups excluding carboxylic acids is 2. The maximum Gasteiger partial charge on any atom is 0.309 e. The lowest BCUT2D eigenvalue weighted by molar-refractivity contribution is -0.151. The molecule has 2 aromatic heterocycles. The van der Waals surface area contributed by atoms with Crippen LogP contribution in [-0.4, -0.2) is 61.8 Å². The van der Waals surface area contributed by atoms with Gasteiger partial charge in [-0.15, -0.1) is 5.10 Å². The van der Waals surface area contributed by atoms with Gasteiger partial charge in [0.15, 0.2) is 0 Å². The van der Waals surface area contributed by atoms with Crippen molar-refractivity contribution in [2.45, 2.75) is 38.8 Å². The van der Waals surface area contributed by atoms with Gasteiger partial charge in [-0.2, -0.15) is 4.98 Å². The van der Waals surface area contributed by atoms with E-state index in [1.165, 1.54) is 11.8 Å². The van der Waals surface area contributed by atoms with Crippen LogP contribution in [0.25, 0.3) is 5.78 Å². The number of aromatic nitrogens is 4. The smallest absolute Gasteiger partial charge is 0.309 e. The number of nitrogens with zero attached hydrogens (tertiary/aromatic N) is 5. The summed E-state index contributed by atoms with van der Waals surface area (Å²) in [6.07, 6.45) is 1.31. The number of aryl methyl sites for hydroxylation is 2. The van der Waals surface area contributed by atoms with Crippen LogP contribution in [0.4, 0.5) is 0 Å². The maximum absolute atomic E-state index is 12.4. The number of thioether (sulfide) groups is 1. The fourth-order valence-electron chi connectivity index (χ4n) is 3.05. The number of hydrogen-bond acceptors (Lipinski definition) is 7. The maximum atomic E-state index is 12.4. The van der Waals surface area contributed by atoms with Crippen molar-refractivity contribution in [1.29, 1.82) is 0 Å². The van der Waals surface area contributed by atoms with Gasteiger partial charge in [-0.25, -0.2) is 9.50 Å². The van der Waals surface area contributed by atoms with Crippen LogP contribution in [-0.2, 0) is 14.3 Å². The van der Waals surface area contributed by atoms with Crippen LogP contribution >= 0.6 is 11.8 Å². The SMILES string of the molecule is CCOC(=O)C1CCN(C(=O)CSc2nc3nc(C)cc(C)n3n2)CC1. The molecule has 0 bridgehead atoms. The van der Waals surface area contributed by atoms with E-state index in [4.69, 9.17) is 4.74 Å². The van der Waals surface area contributed by atoms with Crippen molar-refractivity contribution in [1.82, 2.24) is 24.5 Å². The molecule has 1 amide bonds. The monoisotopic (exact) mass is 377 g/mol. The zero-order chi connectivity index (χ0) is 18.7. The standard InChI is InChI=1S/C17H23N5O3S/c1-4-25-15(24)13-5-7-21(8-6-13)14(23)10-26-17-19-16-18-11(2)9-12(3)22(16)20-17/h9,13H,4-8,10H2,1-3H3. The predicted octanol–water partition coefficient (Wildman–Crippen LogP) is 1.63. The van der Waals surface area contributed by atoms with Crippen LogP contribution < -0.4 is 0 Å². The third kappa shape index (κ3) is 4.14. The second-order valence-corrected chi connectivity index (χ2v) is 7.28. The van der Waals surface area contributed by atoms with Crippen molar-refractivity contribution in [3.05, 3.63) is 17.5 Å². The number of piperidine rings is 1. The molecule has 0 spiro atoms. The molecule has 140 valence electrons. The third-order valence-electron chi connectivity index (χ3n) is 4.39. The number of amides is 1. The molecule has 0 aromatic carbocycles. The molecular weight excluding hydrogens is 354 g/mol. The van der Waals surface area contributed by atoms with Gasteiger partial charge in [-0.05, 0) is 39.7 Å². The molecule has 1 saturated heterocycles. The summed E-state index contributed by atoms with van der Waals surface area (Å²) < 4.78 is 6.74. The number of likely N-dealkylation sites (tertiary alicyclic amines) is 1. The van der Waals surface area contributed by atoms with Gasteiger partial charge in [0.2, 0.25) is 11.1 Å². The highest BCUT2D eigenvalue weighted by atomic mass is 32.2. The highest BCUT2D eigenvalue weighted by Gasteiger charge is 2.28. The Morgan fingerprint density at radius 3 is 2.69 bits per heavy atom. The Labute approximate surface area is 156 Å². The van der Waals surface area contributed by atoms with Gasteiger partial charge in [0.25, 0.3) is 5.78 Å². The molecular formula is C17H23N5O3S. The molecule has 1 aliphatic rings. The lowest BCUT2D eigenvalue weighted by Crippen LogP contribution is -2.41. The largest absolute Gasteiger partial charge is 0.466 e. The summed E-state index contributed by atoms with van der Waals surface area (Å²) in [5.74, 6) is 0.619. The Morgan fingerprint density at radius 1 is 1.27 bits per heavy atom. The Kier molecular flexibility index (Phi) is 5.75. The Hall–Kier alpha value is -2.16. The van der Waals surface area contributed by atoms with E-state index in [1.54, 1.807) is 16.3 Å². The summed E-state index contributed by atoms with van der Waals surface area (Å²) >= 11 is 1.31. The van der Waals surface area contributed by atoms with E-state index in [0.29, 0.717) is 43.5 Å². The Balaban J connectivity index is 1.53. The van der Waals surface area contributed by atoms with Gasteiger partial charge < -0.3 is 9.64 Å². The van der Waals surface area contributed by atoms with Crippen LogP contribution in [0.5, 0.6) is 0 Å². The molecule has 3 heterocycles. The zero-order valence-corrected chi connectivity index (χ0v) is 16.1. The van der Waals surface area contributed by atoms with Gasteiger partial charge in [-0.1, -0.05) is 11.8 Å². The van der Waals surface area contributed by atoms with Crippen LogP contribution in [0.15, 0.2) is 11.2 Å². The summed E-state index contributed by atoms with van der Waals surface area (Å²) in [5.41, 5.74) is 1.85. The lowest BCUT2D eigenvalue weighted by atomic mass is 9.97. The fourth-order valence-corrected chi connectivity index (χ4v) is 3.77. The second-order valence-electron chi connectivity index (χ2n) is 6.34. The number of ether oxygens (including phenoxy) is 1. The van der Waals surface area contributed by atoms with Crippen molar-refractivity contribution in [3.8, 4) is 0 Å². The molecule has 0 saturated carbocycles. The molecule has 2 aromatic rings. The molecule has 1 fully saturated rings. The minimum Gasteiger partial charge on any atom is -0.466 e. The first kappa shape index (κ1) is 18.6. The molecule has 0 radical (unpaired) electrons. The van der Waals surface area contributed by atoms with Gasteiger partial charge in [0.1, 0.15) is 0 Å². The second kappa shape index (κ2) is 8.03. The Morgan fingerprint density at radius 2 is 2.00 bits per heavy atom. The molecule has 26 heavy (non-hydrogen) atoms. The topological polar surface area (TPSA) is 89.7 Å². The van der Waals surface area contributed by atoms with Crippen molar-refractivity contribution in [2.75, 3.05) is 25.4 Å². The summed E-state index contributed by atoms with van der Waals surface area (Å²) in [6, 6.07) is 1.94. The number of carbonyl (C=O) groups is 2. The van der Waals surface area contributed by atoms with Crippen LogP contribution in [0, 0.1) is 19.8 Å². The van der Waals surface area contributed by atoms with E-state index in [0.717, 1.165) is 11.4 Å². The molecule has 8 nitrogen and oxygen atoms in total. The molecule has 0 unspecified atom stereocenters. The van der Waals surface area contributed by atoms with Crippen molar-refractivity contribution >= 4 is 29.4 Å². The minimum absolute atomic E-state index is 0.0389. The van der Waals surface area contributed by atoms with Crippen molar-refractivity contribution in [2.24, 2.45) is 5.92 Å². The van der Waals surface area contributed by atoms with E-state index in [-0.39, 0.29) is 23.5 Å². The minimum atomic E-state index is -0.152. The summed E-state index contributed by atoms with van der Waals surface area (Å²) in [5, 5.41) is 4.94. The quantitative estimate of drug-likeness (QED) is 0.578. The summed E-state index contributed by atoms with van der Waals surface area (Å²) in [4.78, 5) is 34.7. The first-order valence-electron chi connectivity index (χ1n) is 8.76. The van der Waals surface area contributed by atoms with Gasteiger partial charge >= 0.3 is 5.97 Å². The number of hydrogen-bond donors (Lipinski definition) is 0. The fraction of sp³-hybridized carbons (Fsp3) is 0.588. The predicted molar refractivity (Wildman–Crippen MR) is 96.9 cm³/mol. The Bertz CT molecular complexity index is 814. The van der Waals surface area contributed by atoms with E-state index in [2.05, 4.69) is 15.1 Å². The number of fused-ring (bicyclic) bond motifs is 1. The van der Waals surface area contributed by atoms with E-state index >= 15 is 0 Å². The normalized spacial score (nSPS) is 15.4. The first-order chi connectivity index (χ1) is 12.5. The van der Waals surface area contributed by atoms with Crippen LogP contribution in [0.2, 0.25) is 0 Å². The van der Waals surface area contributed by atoms with E-state index < -0.39 is 0 Å². The number of esters is 1. The third-order valence-corrected chi connectivity index (χ3v) is 5.21. The first-order valence-corrected chi connectivity index (χ1v) is 9.74. The molecule has 0 atom stereocenters. The summed E-state index contributed by atoms with van der Waals surface area (Å²) in [6.45, 7) is 7.23. The van der Waals surface area contributed by atoms with Crippen molar-refractivity contribution in [3.63, 3.8) is 0 Å².